The number of nitrogens with zero attached hydrogens (tertiary/aromatic N) is 6. The van der Waals surface area contributed by atoms with Crippen LogP contribution in [0.4, 0.5) is 10.3 Å². The highest BCUT2D eigenvalue weighted by Crippen LogP contribution is 2.35. The summed E-state index contributed by atoms with van der Waals surface area (Å²) in [7, 11) is 0.138. The molecule has 0 saturated carbocycles. The molecule has 2 aliphatic rings. The Labute approximate surface area is 381 Å². The minimum Gasteiger partial charge on any atom is -0.497 e. The smallest absolute Gasteiger partial charge is 0.247 e. The van der Waals surface area contributed by atoms with Crippen LogP contribution in [-0.4, -0.2) is 123 Å². The van der Waals surface area contributed by atoms with Crippen LogP contribution in [0, 0.1) is 0 Å². The molecule has 20 heteroatoms. The van der Waals surface area contributed by atoms with Crippen LogP contribution in [0.15, 0.2) is 105 Å². The van der Waals surface area contributed by atoms with Gasteiger partial charge in [0.15, 0.2) is 10.3 Å². The van der Waals surface area contributed by atoms with Crippen LogP contribution in [0.3, 0.4) is 0 Å². The van der Waals surface area contributed by atoms with E-state index in [-0.39, 0.29) is 9.79 Å². The van der Waals surface area contributed by atoms with E-state index in [0.29, 0.717) is 80.4 Å². The van der Waals surface area contributed by atoms with Crippen molar-refractivity contribution in [3.05, 3.63) is 101 Å². The number of benzene rings is 4. The molecule has 2 aliphatic heterocycles. The molecule has 0 spiro atoms. The standard InChI is InChI=1S/C22H25N3O5S2.C21H22ClN3O4S2/c1-28-17-6-4-16(5-7-17)19-15-31-22(23-19)24-10-12-25(13-11-24)32(26,27)21-14-18(29-2)8-9-20(21)30-3;1-28-17-7-8-19(29-2)20(13-17)31(26,27)25-11-9-24(10-12-25)21-23-18(14-30-21)15-3-5-16(22)6-4-15/h4-9,14-15H,10-13H2,1-3H3;3-8,13-14H,9-12H2,1-2H3. The van der Waals surface area contributed by atoms with Gasteiger partial charge in [-0.05, 0) is 60.7 Å². The molecule has 4 aromatic carbocycles. The second kappa shape index (κ2) is 20.1. The number of rotatable bonds is 13. The van der Waals surface area contributed by atoms with Crippen LogP contribution >= 0.6 is 34.3 Å². The molecule has 0 bridgehead atoms. The topological polar surface area (TPSA) is 153 Å². The first-order valence-electron chi connectivity index (χ1n) is 19.6. The van der Waals surface area contributed by atoms with Crippen molar-refractivity contribution in [2.75, 3.05) is 97.7 Å². The molecule has 8 rings (SSSR count). The summed E-state index contributed by atoms with van der Waals surface area (Å²) in [5, 5.41) is 6.46. The first-order chi connectivity index (χ1) is 30.4. The molecule has 0 radical (unpaired) electrons. The Balaban J connectivity index is 0.000000189. The second-order valence-electron chi connectivity index (χ2n) is 14.1. The average Bonchev–Trinajstić information content (AvgIpc) is 4.04. The van der Waals surface area contributed by atoms with E-state index in [0.717, 1.165) is 38.5 Å². The minimum absolute atomic E-state index is 0.113. The number of methoxy groups -OCH3 is 5. The first kappa shape index (κ1) is 45.9. The Morgan fingerprint density at radius 2 is 0.857 bits per heavy atom. The minimum atomic E-state index is -3.71. The highest BCUT2D eigenvalue weighted by molar-refractivity contribution is 7.89. The third-order valence-corrected chi connectivity index (χ3v) is 16.4. The van der Waals surface area contributed by atoms with Crippen LogP contribution < -0.4 is 33.5 Å². The normalized spacial score (nSPS) is 15.0. The molecule has 0 unspecified atom stereocenters. The van der Waals surface area contributed by atoms with Crippen molar-refractivity contribution < 1.29 is 40.5 Å². The molecule has 63 heavy (non-hydrogen) atoms. The quantitative estimate of drug-likeness (QED) is 0.114. The number of hydrogen-bond acceptors (Lipinski definition) is 15. The zero-order valence-electron chi connectivity index (χ0n) is 35.3. The number of hydrogen-bond donors (Lipinski definition) is 0. The molecule has 2 saturated heterocycles. The van der Waals surface area contributed by atoms with E-state index in [1.807, 2.05) is 59.3 Å². The van der Waals surface area contributed by atoms with Gasteiger partial charge in [-0.15, -0.1) is 22.7 Å². The summed E-state index contributed by atoms with van der Waals surface area (Å²) in [5.74, 6) is 2.34. The van der Waals surface area contributed by atoms with E-state index < -0.39 is 20.0 Å². The Bertz CT molecular complexity index is 2700. The summed E-state index contributed by atoms with van der Waals surface area (Å²) >= 11 is 9.07. The van der Waals surface area contributed by atoms with E-state index in [2.05, 4.69) is 9.80 Å². The molecule has 6 aromatic rings. The maximum absolute atomic E-state index is 13.3. The molecule has 0 atom stereocenters. The monoisotopic (exact) mass is 954 g/mol. The average molecular weight is 956 g/mol. The van der Waals surface area contributed by atoms with Crippen LogP contribution in [0.5, 0.6) is 28.7 Å². The summed E-state index contributed by atoms with van der Waals surface area (Å²) < 4.78 is 82.2. The van der Waals surface area contributed by atoms with Crippen LogP contribution in [0.2, 0.25) is 5.02 Å². The van der Waals surface area contributed by atoms with Crippen molar-refractivity contribution >= 4 is 64.6 Å². The molecule has 0 amide bonds. The Morgan fingerprint density at radius 1 is 0.492 bits per heavy atom. The summed E-state index contributed by atoms with van der Waals surface area (Å²) in [6.07, 6.45) is 0. The van der Waals surface area contributed by atoms with Crippen molar-refractivity contribution in [3.63, 3.8) is 0 Å². The summed E-state index contributed by atoms with van der Waals surface area (Å²) in [6, 6.07) is 24.9. The number of aromatic nitrogens is 2. The van der Waals surface area contributed by atoms with Gasteiger partial charge in [0.25, 0.3) is 0 Å². The molecule has 334 valence electrons. The number of halogens is 1. The largest absolute Gasteiger partial charge is 0.497 e. The van der Waals surface area contributed by atoms with E-state index in [9.17, 15) is 16.8 Å². The fraction of sp³-hybridized carbons (Fsp3) is 0.302. The lowest BCUT2D eigenvalue weighted by atomic mass is 10.2. The highest BCUT2D eigenvalue weighted by Gasteiger charge is 2.33. The third kappa shape index (κ3) is 10.3. The molecule has 15 nitrogen and oxygen atoms in total. The van der Waals surface area contributed by atoms with Gasteiger partial charge in [-0.1, -0.05) is 23.7 Å². The fourth-order valence-corrected chi connectivity index (χ4v) is 12.0. The van der Waals surface area contributed by atoms with Gasteiger partial charge in [0, 0.05) is 91.4 Å². The Kier molecular flexibility index (Phi) is 14.7. The molecular formula is C43H47ClN6O9S4. The fourth-order valence-electron chi connectivity index (χ4n) is 6.96. The maximum Gasteiger partial charge on any atom is 0.247 e. The van der Waals surface area contributed by atoms with Gasteiger partial charge < -0.3 is 33.5 Å². The molecule has 2 fully saturated rings. The van der Waals surface area contributed by atoms with E-state index in [1.165, 1.54) is 49.2 Å². The molecule has 2 aromatic heterocycles. The SMILES string of the molecule is COc1ccc(-c2csc(N3CCN(S(=O)(=O)c4cc(OC)ccc4OC)CC3)n2)cc1.COc1ccc(OC)c(S(=O)(=O)N2CCN(c3nc(-c4ccc(Cl)cc4)cs3)CC2)c1. The first-order valence-corrected chi connectivity index (χ1v) is 24.7. The maximum atomic E-state index is 13.3. The van der Waals surface area contributed by atoms with Gasteiger partial charge in [0.05, 0.1) is 46.9 Å². The van der Waals surface area contributed by atoms with Crippen molar-refractivity contribution in [3.8, 4) is 51.3 Å². The summed E-state index contributed by atoms with van der Waals surface area (Å²) in [5.41, 5.74) is 3.79. The van der Waals surface area contributed by atoms with Gasteiger partial charge in [-0.25, -0.2) is 26.8 Å². The van der Waals surface area contributed by atoms with Crippen LogP contribution in [0.25, 0.3) is 22.5 Å². The predicted molar refractivity (Wildman–Crippen MR) is 248 cm³/mol. The van der Waals surface area contributed by atoms with Gasteiger partial charge in [-0.3, -0.25) is 0 Å². The second-order valence-corrected chi connectivity index (χ2v) is 20.0. The Hall–Kier alpha value is -5.15. The van der Waals surface area contributed by atoms with E-state index >= 15 is 0 Å². The number of anilines is 2. The summed E-state index contributed by atoms with van der Waals surface area (Å²) in [6.45, 7) is 3.66. The van der Waals surface area contributed by atoms with Gasteiger partial charge >= 0.3 is 0 Å². The number of thiazole rings is 2. The predicted octanol–water partition coefficient (Wildman–Crippen LogP) is 7.34. The van der Waals surface area contributed by atoms with E-state index in [4.69, 9.17) is 45.3 Å². The van der Waals surface area contributed by atoms with Crippen LogP contribution in [0.1, 0.15) is 0 Å². The third-order valence-electron chi connectivity index (χ3n) is 10.5. The van der Waals surface area contributed by atoms with E-state index in [1.54, 1.807) is 54.0 Å². The molecule has 0 aliphatic carbocycles. The molecule has 4 heterocycles. The lowest BCUT2D eigenvalue weighted by molar-refractivity contribution is 0.370. The highest BCUT2D eigenvalue weighted by atomic mass is 35.5. The van der Waals surface area contributed by atoms with Crippen LogP contribution in [-0.2, 0) is 20.0 Å². The van der Waals surface area contributed by atoms with Gasteiger partial charge in [-0.2, -0.15) is 8.61 Å². The zero-order chi connectivity index (χ0) is 44.7. The van der Waals surface area contributed by atoms with Crippen molar-refractivity contribution in [2.24, 2.45) is 0 Å². The molecule has 0 N–H and O–H groups in total. The number of ether oxygens (including phenoxy) is 5. The lowest BCUT2D eigenvalue weighted by Gasteiger charge is -2.34. The molecular weight excluding hydrogens is 908 g/mol. The summed E-state index contributed by atoms with van der Waals surface area (Å²) in [4.78, 5) is 13.9. The van der Waals surface area contributed by atoms with Crippen molar-refractivity contribution in [1.29, 1.82) is 0 Å². The van der Waals surface area contributed by atoms with Gasteiger partial charge in [0.2, 0.25) is 20.0 Å². The van der Waals surface area contributed by atoms with Crippen molar-refractivity contribution in [2.45, 2.75) is 9.79 Å². The van der Waals surface area contributed by atoms with Crippen molar-refractivity contribution in [1.82, 2.24) is 18.6 Å². The Morgan fingerprint density at radius 3 is 1.22 bits per heavy atom. The number of piperazine rings is 2. The zero-order valence-corrected chi connectivity index (χ0v) is 39.3. The number of sulfonamides is 2. The van der Waals surface area contributed by atoms with Gasteiger partial charge in [0.1, 0.15) is 38.5 Å². The lowest BCUT2D eigenvalue weighted by Crippen LogP contribution is -2.48.